The molecule has 3 nitrogen and oxygen atoms in total. The van der Waals surface area contributed by atoms with Crippen LogP contribution in [0.25, 0.3) is 11.0 Å². The SMILES string of the molecule is CC(C)(C)Cc1ccc2nc(C3(N)Cc4ccccc4C3)[nH]c2c1. The fourth-order valence-corrected chi connectivity index (χ4v) is 3.83. The van der Waals surface area contributed by atoms with Crippen LogP contribution in [0.15, 0.2) is 42.5 Å². The second-order valence-electron chi connectivity index (χ2n) is 8.45. The van der Waals surface area contributed by atoms with Crippen LogP contribution in [0.1, 0.15) is 43.3 Å². The highest BCUT2D eigenvalue weighted by atomic mass is 15.0. The molecule has 0 spiro atoms. The number of aromatic amines is 1. The number of rotatable bonds is 2. The summed E-state index contributed by atoms with van der Waals surface area (Å²) in [5.74, 6) is 0.904. The largest absolute Gasteiger partial charge is 0.340 e. The Kier molecular flexibility index (Phi) is 3.33. The lowest BCUT2D eigenvalue weighted by molar-refractivity contribution is 0.411. The van der Waals surface area contributed by atoms with Crippen molar-refractivity contribution in [1.29, 1.82) is 0 Å². The summed E-state index contributed by atoms with van der Waals surface area (Å²) < 4.78 is 0. The molecular weight excluding hydrogens is 294 g/mol. The van der Waals surface area contributed by atoms with Crippen LogP contribution in [-0.4, -0.2) is 9.97 Å². The molecule has 0 saturated heterocycles. The molecule has 1 aliphatic carbocycles. The zero-order valence-electron chi connectivity index (χ0n) is 14.7. The Hall–Kier alpha value is -2.13. The third-order valence-electron chi connectivity index (χ3n) is 4.88. The fourth-order valence-electron chi connectivity index (χ4n) is 3.83. The van der Waals surface area contributed by atoms with Crippen LogP contribution in [0.5, 0.6) is 0 Å². The molecule has 0 aliphatic heterocycles. The van der Waals surface area contributed by atoms with E-state index in [0.717, 1.165) is 36.1 Å². The Morgan fingerprint density at radius 3 is 2.38 bits per heavy atom. The summed E-state index contributed by atoms with van der Waals surface area (Å²) in [7, 11) is 0. The van der Waals surface area contributed by atoms with Gasteiger partial charge in [-0.15, -0.1) is 0 Å². The van der Waals surface area contributed by atoms with Crippen molar-refractivity contribution < 1.29 is 0 Å². The van der Waals surface area contributed by atoms with Gasteiger partial charge in [0.1, 0.15) is 5.82 Å². The van der Waals surface area contributed by atoms with Crippen molar-refractivity contribution in [3.8, 4) is 0 Å². The van der Waals surface area contributed by atoms with E-state index in [9.17, 15) is 0 Å². The van der Waals surface area contributed by atoms with E-state index in [1.54, 1.807) is 0 Å². The van der Waals surface area contributed by atoms with Crippen LogP contribution in [0.3, 0.4) is 0 Å². The van der Waals surface area contributed by atoms with Gasteiger partial charge in [-0.25, -0.2) is 4.98 Å². The molecule has 0 amide bonds. The molecule has 0 atom stereocenters. The van der Waals surface area contributed by atoms with Crippen LogP contribution >= 0.6 is 0 Å². The lowest BCUT2D eigenvalue weighted by atomic mass is 9.88. The maximum absolute atomic E-state index is 6.74. The summed E-state index contributed by atoms with van der Waals surface area (Å²) in [6, 6.07) is 15.0. The molecule has 3 heteroatoms. The molecule has 0 fully saturated rings. The van der Waals surface area contributed by atoms with Gasteiger partial charge in [0.15, 0.2) is 0 Å². The number of nitrogens with zero attached hydrogens (tertiary/aromatic N) is 1. The average molecular weight is 319 g/mol. The number of nitrogens with one attached hydrogen (secondary N) is 1. The van der Waals surface area contributed by atoms with Gasteiger partial charge < -0.3 is 10.7 Å². The molecule has 2 aromatic carbocycles. The van der Waals surface area contributed by atoms with Crippen LogP contribution < -0.4 is 5.73 Å². The molecule has 0 unspecified atom stereocenters. The van der Waals surface area contributed by atoms with Crippen molar-refractivity contribution in [3.63, 3.8) is 0 Å². The summed E-state index contributed by atoms with van der Waals surface area (Å²) >= 11 is 0. The standard InChI is InChI=1S/C21H25N3/c1-20(2,3)11-14-8-9-17-18(10-14)24-19(23-17)21(22)12-15-6-4-5-7-16(15)13-21/h4-10H,11-13,22H2,1-3H3,(H,23,24). The predicted octanol–water partition coefficient (Wildman–Crippen LogP) is 4.10. The minimum Gasteiger partial charge on any atom is -0.340 e. The zero-order valence-corrected chi connectivity index (χ0v) is 14.7. The van der Waals surface area contributed by atoms with Gasteiger partial charge in [0.2, 0.25) is 0 Å². The second kappa shape index (κ2) is 5.18. The van der Waals surface area contributed by atoms with Crippen molar-refractivity contribution >= 4 is 11.0 Å². The van der Waals surface area contributed by atoms with Crippen LogP contribution in [-0.2, 0) is 24.8 Å². The minimum absolute atomic E-state index is 0.277. The van der Waals surface area contributed by atoms with E-state index in [4.69, 9.17) is 10.7 Å². The van der Waals surface area contributed by atoms with E-state index in [1.165, 1.54) is 16.7 Å². The molecule has 0 radical (unpaired) electrons. The number of H-pyrrole nitrogens is 1. The summed E-state index contributed by atoms with van der Waals surface area (Å²) in [5, 5.41) is 0. The van der Waals surface area contributed by atoms with Gasteiger partial charge in [0, 0.05) is 0 Å². The summed E-state index contributed by atoms with van der Waals surface area (Å²) in [5.41, 5.74) is 12.7. The monoisotopic (exact) mass is 319 g/mol. The molecule has 24 heavy (non-hydrogen) atoms. The van der Waals surface area contributed by atoms with Crippen molar-refractivity contribution in [3.05, 3.63) is 65.0 Å². The molecule has 1 heterocycles. The Labute approximate surface area is 143 Å². The third kappa shape index (κ3) is 2.73. The molecule has 0 saturated carbocycles. The van der Waals surface area contributed by atoms with Gasteiger partial charge in [-0.05, 0) is 53.5 Å². The molecule has 4 rings (SSSR count). The lowest BCUT2D eigenvalue weighted by Crippen LogP contribution is -2.38. The van der Waals surface area contributed by atoms with Crippen LogP contribution in [0.2, 0.25) is 0 Å². The van der Waals surface area contributed by atoms with Gasteiger partial charge in [-0.3, -0.25) is 0 Å². The maximum Gasteiger partial charge on any atom is 0.128 e. The topological polar surface area (TPSA) is 54.7 Å². The van der Waals surface area contributed by atoms with E-state index in [-0.39, 0.29) is 5.41 Å². The highest BCUT2D eigenvalue weighted by Gasteiger charge is 2.37. The van der Waals surface area contributed by atoms with Gasteiger partial charge in [0.25, 0.3) is 0 Å². The minimum atomic E-state index is -0.424. The third-order valence-corrected chi connectivity index (χ3v) is 4.88. The zero-order chi connectivity index (χ0) is 16.9. The normalized spacial score (nSPS) is 16.5. The summed E-state index contributed by atoms with van der Waals surface area (Å²) in [6.07, 6.45) is 2.74. The maximum atomic E-state index is 6.74. The van der Waals surface area contributed by atoms with E-state index in [2.05, 4.69) is 68.2 Å². The molecular formula is C21H25N3. The number of hydrogen-bond acceptors (Lipinski definition) is 2. The van der Waals surface area contributed by atoms with Crippen molar-refractivity contribution in [1.82, 2.24) is 9.97 Å². The number of hydrogen-bond donors (Lipinski definition) is 2. The van der Waals surface area contributed by atoms with Crippen molar-refractivity contribution in [2.24, 2.45) is 11.1 Å². The lowest BCUT2D eigenvalue weighted by Gasteiger charge is -2.20. The number of benzene rings is 2. The Bertz CT molecular complexity index is 874. The molecule has 1 aliphatic rings. The summed E-state index contributed by atoms with van der Waals surface area (Å²) in [4.78, 5) is 8.31. The van der Waals surface area contributed by atoms with Gasteiger partial charge in [-0.2, -0.15) is 0 Å². The molecule has 0 bridgehead atoms. The Morgan fingerprint density at radius 2 is 1.75 bits per heavy atom. The van der Waals surface area contributed by atoms with Crippen LogP contribution in [0.4, 0.5) is 0 Å². The van der Waals surface area contributed by atoms with Gasteiger partial charge in [0.05, 0.1) is 16.6 Å². The van der Waals surface area contributed by atoms with E-state index < -0.39 is 5.54 Å². The van der Waals surface area contributed by atoms with Gasteiger partial charge >= 0.3 is 0 Å². The van der Waals surface area contributed by atoms with E-state index >= 15 is 0 Å². The van der Waals surface area contributed by atoms with Crippen molar-refractivity contribution in [2.75, 3.05) is 0 Å². The fraction of sp³-hybridized carbons (Fsp3) is 0.381. The predicted molar refractivity (Wildman–Crippen MR) is 99.0 cm³/mol. The number of aromatic nitrogens is 2. The van der Waals surface area contributed by atoms with E-state index in [0.29, 0.717) is 0 Å². The highest BCUT2D eigenvalue weighted by Crippen LogP contribution is 2.35. The average Bonchev–Trinajstić information content (AvgIpc) is 3.05. The smallest absolute Gasteiger partial charge is 0.128 e. The van der Waals surface area contributed by atoms with Crippen molar-refractivity contribution in [2.45, 2.75) is 45.6 Å². The Morgan fingerprint density at radius 1 is 1.08 bits per heavy atom. The quantitative estimate of drug-likeness (QED) is 0.747. The van der Waals surface area contributed by atoms with E-state index in [1.807, 2.05) is 0 Å². The first-order valence-electron chi connectivity index (χ1n) is 8.67. The first-order chi connectivity index (χ1) is 11.3. The number of fused-ring (bicyclic) bond motifs is 2. The number of imidazole rings is 1. The molecule has 3 aromatic rings. The summed E-state index contributed by atoms with van der Waals surface area (Å²) in [6.45, 7) is 6.79. The Balaban J connectivity index is 1.69. The van der Waals surface area contributed by atoms with Gasteiger partial charge in [-0.1, -0.05) is 51.1 Å². The highest BCUT2D eigenvalue weighted by molar-refractivity contribution is 5.76. The molecule has 3 N–H and O–H groups in total. The first-order valence-corrected chi connectivity index (χ1v) is 8.67. The van der Waals surface area contributed by atoms with Crippen LogP contribution in [0, 0.1) is 5.41 Å². The second-order valence-corrected chi connectivity index (χ2v) is 8.45. The molecule has 124 valence electrons. The number of nitrogens with two attached hydrogens (primary N) is 1. The molecule has 1 aromatic heterocycles. The first kappa shape index (κ1) is 15.4.